The highest BCUT2D eigenvalue weighted by Gasteiger charge is 2.48. The van der Waals surface area contributed by atoms with Crippen LogP contribution >= 0.6 is 0 Å². The summed E-state index contributed by atoms with van der Waals surface area (Å²) in [4.78, 5) is 11.8. The minimum absolute atomic E-state index is 0.0132. The van der Waals surface area contributed by atoms with Crippen LogP contribution in [0.5, 0.6) is 11.5 Å². The Kier molecular flexibility index (Phi) is 2.94. The number of anilines is 1. The Morgan fingerprint density at radius 3 is 2.81 bits per heavy atom. The first kappa shape index (κ1) is 13.2. The van der Waals surface area contributed by atoms with Gasteiger partial charge in [-0.3, -0.25) is 0 Å². The fourth-order valence-corrected chi connectivity index (χ4v) is 2.39. The summed E-state index contributed by atoms with van der Waals surface area (Å²) in [5, 5.41) is 21.9. The summed E-state index contributed by atoms with van der Waals surface area (Å²) in [6.07, 6.45) is 0. The van der Waals surface area contributed by atoms with E-state index in [1.54, 1.807) is 6.07 Å². The predicted molar refractivity (Wildman–Crippen MR) is 72.9 cm³/mol. The van der Waals surface area contributed by atoms with E-state index in [0.717, 1.165) is 0 Å². The van der Waals surface area contributed by atoms with E-state index in [9.17, 15) is 19.4 Å². The molecule has 1 aliphatic heterocycles. The molecule has 0 saturated heterocycles. The number of hydrogen-bond acceptors (Lipinski definition) is 4. The number of nitrogens with one attached hydrogen (secondary N) is 1. The van der Waals surface area contributed by atoms with Gasteiger partial charge >= 0.3 is 5.97 Å². The second-order valence-corrected chi connectivity index (χ2v) is 4.81. The molecule has 6 heteroatoms. The maximum absolute atomic E-state index is 13.3. The van der Waals surface area contributed by atoms with Gasteiger partial charge in [0, 0.05) is 17.3 Å². The number of aliphatic carboxylic acids is 1. The Morgan fingerprint density at radius 2 is 2.10 bits per heavy atom. The predicted octanol–water partition coefficient (Wildman–Crippen LogP) is 2.32. The quantitative estimate of drug-likeness (QED) is 0.808. The highest BCUT2D eigenvalue weighted by molar-refractivity contribution is 5.87. The molecule has 108 valence electrons. The smallest absolute Gasteiger partial charge is 0.337 e. The van der Waals surface area contributed by atoms with Gasteiger partial charge < -0.3 is 20.3 Å². The molecule has 3 N–H and O–H groups in total. The first-order chi connectivity index (χ1) is 10.0. The molecule has 0 aliphatic carbocycles. The second kappa shape index (κ2) is 4.66. The molecular weight excluding hydrogens is 277 g/mol. The lowest BCUT2D eigenvalue weighted by Crippen LogP contribution is -2.45. The number of fused-ring (bicyclic) bond motifs is 1. The van der Waals surface area contributed by atoms with Crippen LogP contribution in [-0.4, -0.2) is 22.8 Å². The van der Waals surface area contributed by atoms with E-state index >= 15 is 0 Å². The van der Waals surface area contributed by atoms with Gasteiger partial charge in [0.25, 0.3) is 0 Å². The van der Waals surface area contributed by atoms with Crippen molar-refractivity contribution in [1.82, 2.24) is 0 Å². The van der Waals surface area contributed by atoms with E-state index in [4.69, 9.17) is 4.74 Å². The largest absolute Gasteiger partial charge is 0.508 e. The number of ether oxygens (including phenoxy) is 1. The summed E-state index contributed by atoms with van der Waals surface area (Å²) in [5.74, 6) is -1.33. The molecule has 0 amide bonds. The Hall–Kier alpha value is -2.76. The van der Waals surface area contributed by atoms with Crippen molar-refractivity contribution >= 4 is 11.7 Å². The molecule has 21 heavy (non-hydrogen) atoms. The van der Waals surface area contributed by atoms with Gasteiger partial charge in [0.05, 0.1) is 0 Å². The van der Waals surface area contributed by atoms with Crippen LogP contribution in [0, 0.1) is 5.82 Å². The van der Waals surface area contributed by atoms with Gasteiger partial charge in [-0.25, -0.2) is 9.18 Å². The number of rotatable bonds is 3. The van der Waals surface area contributed by atoms with Crippen molar-refractivity contribution in [2.45, 2.75) is 5.54 Å². The minimum atomic E-state index is -1.52. The standard InChI is InChI=1S/C15H12FNO4/c16-9-2-1-3-10(6-9)17-15(14(19)20)8-21-13-7-11(18)4-5-12(13)15/h1-7,17-18H,8H2,(H,19,20). The van der Waals surface area contributed by atoms with Crippen molar-refractivity contribution in [2.75, 3.05) is 11.9 Å². The Morgan fingerprint density at radius 1 is 1.29 bits per heavy atom. The molecule has 2 aromatic carbocycles. The van der Waals surface area contributed by atoms with Gasteiger partial charge in [-0.05, 0) is 30.3 Å². The Labute approximate surface area is 119 Å². The number of phenolic OH excluding ortho intramolecular Hbond substituents is 1. The third kappa shape index (κ3) is 2.14. The maximum Gasteiger partial charge on any atom is 0.337 e. The van der Waals surface area contributed by atoms with Crippen LogP contribution in [0.2, 0.25) is 0 Å². The molecule has 1 heterocycles. The molecular formula is C15H12FNO4. The number of hydrogen-bond donors (Lipinski definition) is 3. The minimum Gasteiger partial charge on any atom is -0.508 e. The van der Waals surface area contributed by atoms with Crippen molar-refractivity contribution in [3.63, 3.8) is 0 Å². The van der Waals surface area contributed by atoms with Crippen molar-refractivity contribution in [3.05, 3.63) is 53.8 Å². The SMILES string of the molecule is O=C(O)C1(Nc2cccc(F)c2)COc2cc(O)ccc21. The van der Waals surface area contributed by atoms with E-state index in [1.165, 1.54) is 36.4 Å². The molecule has 0 fully saturated rings. The van der Waals surface area contributed by atoms with Crippen molar-refractivity contribution in [1.29, 1.82) is 0 Å². The van der Waals surface area contributed by atoms with Crippen molar-refractivity contribution in [2.24, 2.45) is 0 Å². The summed E-state index contributed by atoms with van der Waals surface area (Å²) in [6.45, 7) is -0.155. The van der Waals surface area contributed by atoms with Crippen LogP contribution < -0.4 is 10.1 Å². The summed E-state index contributed by atoms with van der Waals surface area (Å²) >= 11 is 0. The fourth-order valence-electron chi connectivity index (χ4n) is 2.39. The van der Waals surface area contributed by atoms with Crippen LogP contribution in [0.25, 0.3) is 0 Å². The van der Waals surface area contributed by atoms with Crippen LogP contribution in [0.4, 0.5) is 10.1 Å². The average molecular weight is 289 g/mol. The number of carboxylic acid groups (broad SMARTS) is 1. The van der Waals surface area contributed by atoms with Gasteiger partial charge in [-0.2, -0.15) is 0 Å². The van der Waals surface area contributed by atoms with Crippen LogP contribution in [0.3, 0.4) is 0 Å². The van der Waals surface area contributed by atoms with Gasteiger partial charge in [-0.15, -0.1) is 0 Å². The molecule has 0 saturated carbocycles. The number of halogens is 1. The van der Waals surface area contributed by atoms with Crippen LogP contribution in [0.1, 0.15) is 5.56 Å². The highest BCUT2D eigenvalue weighted by atomic mass is 19.1. The monoisotopic (exact) mass is 289 g/mol. The zero-order valence-electron chi connectivity index (χ0n) is 10.8. The topological polar surface area (TPSA) is 78.8 Å². The number of carbonyl (C=O) groups is 1. The lowest BCUT2D eigenvalue weighted by Gasteiger charge is -2.25. The number of benzene rings is 2. The van der Waals surface area contributed by atoms with Crippen LogP contribution in [0.15, 0.2) is 42.5 Å². The third-order valence-electron chi connectivity index (χ3n) is 3.42. The number of carboxylic acids is 1. The second-order valence-electron chi connectivity index (χ2n) is 4.81. The van der Waals surface area contributed by atoms with E-state index < -0.39 is 17.3 Å². The van der Waals surface area contributed by atoms with Crippen molar-refractivity contribution in [3.8, 4) is 11.5 Å². The van der Waals surface area contributed by atoms with E-state index in [-0.39, 0.29) is 12.4 Å². The summed E-state index contributed by atoms with van der Waals surface area (Å²) in [7, 11) is 0. The molecule has 0 bridgehead atoms. The fraction of sp³-hybridized carbons (Fsp3) is 0.133. The molecule has 3 rings (SSSR count). The van der Waals surface area contributed by atoms with Gasteiger partial charge in [0.1, 0.15) is 23.9 Å². The van der Waals surface area contributed by atoms with Gasteiger partial charge in [0.15, 0.2) is 5.54 Å². The van der Waals surface area contributed by atoms with E-state index in [2.05, 4.69) is 5.32 Å². The van der Waals surface area contributed by atoms with Gasteiger partial charge in [0.2, 0.25) is 0 Å². The zero-order chi connectivity index (χ0) is 15.0. The average Bonchev–Trinajstić information content (AvgIpc) is 2.78. The molecule has 2 aromatic rings. The number of phenols is 1. The summed E-state index contributed by atoms with van der Waals surface area (Å²) in [5.41, 5.74) is -0.796. The van der Waals surface area contributed by atoms with E-state index in [0.29, 0.717) is 17.0 Å². The normalized spacial score (nSPS) is 19.7. The Balaban J connectivity index is 2.06. The molecule has 0 aromatic heterocycles. The zero-order valence-corrected chi connectivity index (χ0v) is 10.8. The highest BCUT2D eigenvalue weighted by Crippen LogP contribution is 2.41. The Bertz CT molecular complexity index is 719. The first-order valence-corrected chi connectivity index (χ1v) is 6.25. The molecule has 0 radical (unpaired) electrons. The molecule has 0 spiro atoms. The number of aromatic hydroxyl groups is 1. The summed E-state index contributed by atoms with van der Waals surface area (Å²) < 4.78 is 18.6. The molecule has 1 atom stereocenters. The first-order valence-electron chi connectivity index (χ1n) is 6.25. The van der Waals surface area contributed by atoms with Gasteiger partial charge in [-0.1, -0.05) is 6.07 Å². The lowest BCUT2D eigenvalue weighted by molar-refractivity contribution is -0.143. The molecule has 1 aliphatic rings. The molecule has 1 unspecified atom stereocenters. The third-order valence-corrected chi connectivity index (χ3v) is 3.42. The lowest BCUT2D eigenvalue weighted by atomic mass is 9.91. The molecule has 5 nitrogen and oxygen atoms in total. The van der Waals surface area contributed by atoms with Crippen LogP contribution in [-0.2, 0) is 10.3 Å². The summed E-state index contributed by atoms with van der Waals surface area (Å²) in [6, 6.07) is 9.77. The van der Waals surface area contributed by atoms with E-state index in [1.807, 2.05) is 0 Å². The van der Waals surface area contributed by atoms with Crippen molar-refractivity contribution < 1.29 is 24.1 Å². The maximum atomic E-state index is 13.3.